The van der Waals surface area contributed by atoms with Crippen molar-refractivity contribution in [3.63, 3.8) is 0 Å². The van der Waals surface area contributed by atoms with Gasteiger partial charge in [-0.1, -0.05) is 0 Å². The molecule has 0 saturated heterocycles. The number of methoxy groups -OCH3 is 1. The monoisotopic (exact) mass is 234 g/mol. The predicted molar refractivity (Wildman–Crippen MR) is 55.7 cm³/mol. The molecule has 0 aromatic carbocycles. The van der Waals surface area contributed by atoms with Crippen LogP contribution in [0.5, 0.6) is 0 Å². The summed E-state index contributed by atoms with van der Waals surface area (Å²) < 4.78 is 28.0. The molecule has 1 fully saturated rings. The average Bonchev–Trinajstić information content (AvgIpc) is 2.29. The van der Waals surface area contributed by atoms with Crippen molar-refractivity contribution in [2.24, 2.45) is 0 Å². The number of ether oxygens (including phenoxy) is 3. The van der Waals surface area contributed by atoms with Gasteiger partial charge in [-0.25, -0.2) is 9.18 Å². The van der Waals surface area contributed by atoms with Crippen molar-refractivity contribution < 1.29 is 23.4 Å². The van der Waals surface area contributed by atoms with E-state index < -0.39 is 12.3 Å². The summed E-state index contributed by atoms with van der Waals surface area (Å²) in [5.41, 5.74) is 0. The molecule has 0 N–H and O–H groups in total. The highest BCUT2D eigenvalue weighted by Crippen LogP contribution is 2.24. The van der Waals surface area contributed by atoms with E-state index in [4.69, 9.17) is 9.47 Å². The van der Waals surface area contributed by atoms with E-state index in [0.717, 1.165) is 19.3 Å². The zero-order chi connectivity index (χ0) is 12.0. The molecule has 3 unspecified atom stereocenters. The molecule has 0 amide bonds. The van der Waals surface area contributed by atoms with Crippen LogP contribution in [0.2, 0.25) is 0 Å². The Bertz CT molecular complexity index is 222. The molecule has 0 radical (unpaired) electrons. The Morgan fingerprint density at radius 2 is 2.12 bits per heavy atom. The minimum Gasteiger partial charge on any atom is -0.462 e. The molecule has 5 heteroatoms. The number of hydrogen-bond donors (Lipinski definition) is 0. The molecule has 16 heavy (non-hydrogen) atoms. The van der Waals surface area contributed by atoms with Gasteiger partial charge in [-0.05, 0) is 32.6 Å². The van der Waals surface area contributed by atoms with Crippen LogP contribution in [-0.2, 0) is 19.0 Å². The van der Waals surface area contributed by atoms with E-state index >= 15 is 0 Å². The first-order valence-corrected chi connectivity index (χ1v) is 5.66. The second kappa shape index (κ2) is 6.81. The molecular weight excluding hydrogens is 215 g/mol. The Balaban J connectivity index is 2.32. The number of halogens is 1. The number of rotatable bonds is 5. The number of carbonyl (C=O) groups excluding carboxylic acids is 1. The van der Waals surface area contributed by atoms with Crippen LogP contribution in [0.1, 0.15) is 32.6 Å². The summed E-state index contributed by atoms with van der Waals surface area (Å²) in [6.45, 7) is 1.79. The van der Waals surface area contributed by atoms with Gasteiger partial charge in [0.2, 0.25) is 0 Å². The molecule has 1 rings (SSSR count). The van der Waals surface area contributed by atoms with Crippen molar-refractivity contribution in [3.8, 4) is 0 Å². The highest BCUT2D eigenvalue weighted by atomic mass is 19.1. The first kappa shape index (κ1) is 13.4. The van der Waals surface area contributed by atoms with Crippen LogP contribution in [0.25, 0.3) is 0 Å². The maximum Gasteiger partial charge on any atom is 0.368 e. The molecular formula is C11H19FO4. The first-order valence-electron chi connectivity index (χ1n) is 5.66. The zero-order valence-corrected chi connectivity index (χ0v) is 9.78. The molecule has 0 aromatic heterocycles. The molecule has 0 heterocycles. The normalized spacial score (nSPS) is 27.4. The third-order valence-corrected chi connectivity index (χ3v) is 2.70. The lowest BCUT2D eigenvalue weighted by molar-refractivity contribution is -0.180. The summed E-state index contributed by atoms with van der Waals surface area (Å²) in [5.74, 6) is -0.943. The van der Waals surface area contributed by atoms with Gasteiger partial charge < -0.3 is 14.2 Å². The van der Waals surface area contributed by atoms with Gasteiger partial charge in [0.25, 0.3) is 6.36 Å². The van der Waals surface area contributed by atoms with Gasteiger partial charge in [-0.15, -0.1) is 0 Å². The number of hydrogen-bond acceptors (Lipinski definition) is 4. The quantitative estimate of drug-likeness (QED) is 0.681. The van der Waals surface area contributed by atoms with Crippen molar-refractivity contribution in [1.82, 2.24) is 0 Å². The number of carbonyl (C=O) groups is 1. The van der Waals surface area contributed by atoms with Crippen LogP contribution in [0.4, 0.5) is 4.39 Å². The Morgan fingerprint density at radius 3 is 2.75 bits per heavy atom. The summed E-state index contributed by atoms with van der Waals surface area (Å²) in [5, 5.41) is 0. The molecule has 1 aliphatic carbocycles. The minimum absolute atomic E-state index is 0.105. The standard InChI is InChI=1S/C11H19FO4/c1-3-15-11(13)10(12)16-9-6-4-5-8(7-9)14-2/h8-10H,3-7H2,1-2H3. The van der Waals surface area contributed by atoms with Crippen molar-refractivity contribution in [2.45, 2.75) is 51.2 Å². The van der Waals surface area contributed by atoms with Crippen molar-refractivity contribution in [3.05, 3.63) is 0 Å². The minimum atomic E-state index is -1.97. The smallest absolute Gasteiger partial charge is 0.368 e. The first-order chi connectivity index (χ1) is 7.67. The van der Waals surface area contributed by atoms with Crippen LogP contribution in [0, 0.1) is 0 Å². The lowest BCUT2D eigenvalue weighted by Gasteiger charge is -2.28. The van der Waals surface area contributed by atoms with Crippen molar-refractivity contribution >= 4 is 5.97 Å². The van der Waals surface area contributed by atoms with E-state index in [0.29, 0.717) is 6.42 Å². The third kappa shape index (κ3) is 4.06. The third-order valence-electron chi connectivity index (χ3n) is 2.70. The fourth-order valence-corrected chi connectivity index (χ4v) is 1.87. The maximum absolute atomic E-state index is 13.3. The molecule has 0 aliphatic heterocycles. The molecule has 0 spiro atoms. The molecule has 1 aliphatic rings. The Labute approximate surface area is 95.1 Å². The number of alkyl halides is 1. The van der Waals surface area contributed by atoms with Gasteiger partial charge in [0.1, 0.15) is 0 Å². The van der Waals surface area contributed by atoms with Gasteiger partial charge in [0, 0.05) is 7.11 Å². The van der Waals surface area contributed by atoms with Gasteiger partial charge in [-0.3, -0.25) is 0 Å². The van der Waals surface area contributed by atoms with Crippen molar-refractivity contribution in [1.29, 1.82) is 0 Å². The largest absolute Gasteiger partial charge is 0.462 e. The molecule has 0 aromatic rings. The van der Waals surface area contributed by atoms with Crippen LogP contribution in [0.15, 0.2) is 0 Å². The Morgan fingerprint density at radius 1 is 1.44 bits per heavy atom. The van der Waals surface area contributed by atoms with Crippen LogP contribution in [-0.4, -0.2) is 38.3 Å². The highest BCUT2D eigenvalue weighted by molar-refractivity contribution is 5.72. The van der Waals surface area contributed by atoms with E-state index in [9.17, 15) is 9.18 Å². The molecule has 1 saturated carbocycles. The lowest BCUT2D eigenvalue weighted by atomic mass is 9.95. The Kier molecular flexibility index (Phi) is 5.69. The topological polar surface area (TPSA) is 44.8 Å². The van der Waals surface area contributed by atoms with Crippen LogP contribution >= 0.6 is 0 Å². The van der Waals surface area contributed by atoms with Crippen LogP contribution in [0.3, 0.4) is 0 Å². The average molecular weight is 234 g/mol. The SMILES string of the molecule is CCOC(=O)C(F)OC1CCCC(OC)C1. The summed E-state index contributed by atoms with van der Waals surface area (Å²) in [7, 11) is 1.63. The molecule has 94 valence electrons. The zero-order valence-electron chi connectivity index (χ0n) is 9.78. The van der Waals surface area contributed by atoms with Crippen molar-refractivity contribution in [2.75, 3.05) is 13.7 Å². The molecule has 4 nitrogen and oxygen atoms in total. The van der Waals surface area contributed by atoms with Gasteiger partial charge in [0.05, 0.1) is 18.8 Å². The van der Waals surface area contributed by atoms with E-state index in [1.165, 1.54) is 0 Å². The lowest BCUT2D eigenvalue weighted by Crippen LogP contribution is -2.33. The Hall–Kier alpha value is -0.680. The summed E-state index contributed by atoms with van der Waals surface area (Å²) in [6, 6.07) is 0. The fourth-order valence-electron chi connectivity index (χ4n) is 1.87. The van der Waals surface area contributed by atoms with E-state index in [-0.39, 0.29) is 18.8 Å². The van der Waals surface area contributed by atoms with E-state index in [1.54, 1.807) is 14.0 Å². The van der Waals surface area contributed by atoms with Crippen LogP contribution < -0.4 is 0 Å². The van der Waals surface area contributed by atoms with E-state index in [1.807, 2.05) is 0 Å². The van der Waals surface area contributed by atoms with E-state index in [2.05, 4.69) is 4.74 Å². The number of esters is 1. The second-order valence-corrected chi connectivity index (χ2v) is 3.85. The fraction of sp³-hybridized carbons (Fsp3) is 0.909. The summed E-state index contributed by atoms with van der Waals surface area (Å²) in [4.78, 5) is 11.0. The molecule has 3 atom stereocenters. The predicted octanol–water partition coefficient (Wildman–Crippen LogP) is 1.82. The van der Waals surface area contributed by atoms with Gasteiger partial charge in [-0.2, -0.15) is 0 Å². The highest BCUT2D eigenvalue weighted by Gasteiger charge is 2.28. The second-order valence-electron chi connectivity index (χ2n) is 3.85. The maximum atomic E-state index is 13.3. The summed E-state index contributed by atoms with van der Waals surface area (Å²) in [6.07, 6.45) is 1.17. The van der Waals surface area contributed by atoms with Gasteiger partial charge >= 0.3 is 5.97 Å². The summed E-state index contributed by atoms with van der Waals surface area (Å²) >= 11 is 0. The molecule has 0 bridgehead atoms. The van der Waals surface area contributed by atoms with Gasteiger partial charge in [0.15, 0.2) is 0 Å².